The Bertz CT molecular complexity index is 981. The average Bonchev–Trinajstić information content (AvgIpc) is 3.29. The van der Waals surface area contributed by atoms with Crippen LogP contribution in [-0.2, 0) is 6.18 Å². The molecule has 1 fully saturated rings. The van der Waals surface area contributed by atoms with Crippen LogP contribution in [0.3, 0.4) is 0 Å². The van der Waals surface area contributed by atoms with Gasteiger partial charge in [-0.25, -0.2) is 4.79 Å². The summed E-state index contributed by atoms with van der Waals surface area (Å²) in [6, 6.07) is 11.3. The largest absolute Gasteiger partial charge is 0.463 e. The van der Waals surface area contributed by atoms with E-state index in [0.29, 0.717) is 49.1 Å². The van der Waals surface area contributed by atoms with Crippen molar-refractivity contribution < 1.29 is 22.4 Å². The van der Waals surface area contributed by atoms with Crippen molar-refractivity contribution in [3.63, 3.8) is 0 Å². The van der Waals surface area contributed by atoms with Gasteiger partial charge in [-0.1, -0.05) is 0 Å². The van der Waals surface area contributed by atoms with Crippen LogP contribution < -0.4 is 10.2 Å². The number of piperazine rings is 1. The lowest BCUT2D eigenvalue weighted by Crippen LogP contribution is -2.50. The highest BCUT2D eigenvalue weighted by Gasteiger charge is 2.30. The van der Waals surface area contributed by atoms with Crippen molar-refractivity contribution in [1.29, 1.82) is 0 Å². The second-order valence-electron chi connectivity index (χ2n) is 6.73. The molecule has 0 unspecified atom stereocenters. The molecule has 1 aliphatic rings. The predicted molar refractivity (Wildman–Crippen MR) is 104 cm³/mol. The van der Waals surface area contributed by atoms with Crippen molar-refractivity contribution in [3.8, 4) is 11.5 Å². The Hall–Kier alpha value is -3.56. The van der Waals surface area contributed by atoms with E-state index in [0.717, 1.165) is 12.1 Å². The third kappa shape index (κ3) is 4.37. The van der Waals surface area contributed by atoms with Crippen molar-refractivity contribution in [2.45, 2.75) is 6.18 Å². The number of furan rings is 1. The summed E-state index contributed by atoms with van der Waals surface area (Å²) >= 11 is 0. The molecular weight excluding hydrogens is 399 g/mol. The first kappa shape index (κ1) is 19.7. The molecule has 0 saturated carbocycles. The minimum atomic E-state index is -4.40. The van der Waals surface area contributed by atoms with Crippen molar-refractivity contribution in [3.05, 3.63) is 60.4 Å². The van der Waals surface area contributed by atoms with E-state index in [9.17, 15) is 18.0 Å². The second kappa shape index (κ2) is 8.05. The van der Waals surface area contributed by atoms with Crippen LogP contribution >= 0.6 is 0 Å². The molecule has 1 aliphatic heterocycles. The summed E-state index contributed by atoms with van der Waals surface area (Å²) in [4.78, 5) is 16.0. The monoisotopic (exact) mass is 417 g/mol. The molecule has 2 amide bonds. The van der Waals surface area contributed by atoms with Gasteiger partial charge in [-0.3, -0.25) is 0 Å². The van der Waals surface area contributed by atoms with E-state index in [-0.39, 0.29) is 6.03 Å². The molecule has 0 atom stereocenters. The molecule has 30 heavy (non-hydrogen) atoms. The van der Waals surface area contributed by atoms with Crippen LogP contribution in [0.15, 0.2) is 59.2 Å². The van der Waals surface area contributed by atoms with Crippen LogP contribution in [0.2, 0.25) is 0 Å². The number of aromatic nitrogens is 2. The third-order valence-electron chi connectivity index (χ3n) is 4.78. The standard InChI is InChI=1S/C20H18F3N5O2/c21-20(22,23)14-3-5-15(6-4-14)24-19(29)28-11-9-27(10-12-28)18-8-7-16(25-26-18)17-2-1-13-30-17/h1-8,13H,9-12H2,(H,24,29). The fourth-order valence-corrected chi connectivity index (χ4v) is 3.13. The zero-order chi connectivity index (χ0) is 21.1. The Morgan fingerprint density at radius 1 is 0.967 bits per heavy atom. The quantitative estimate of drug-likeness (QED) is 0.694. The van der Waals surface area contributed by atoms with Crippen LogP contribution in [0.1, 0.15) is 5.56 Å². The molecule has 0 bridgehead atoms. The normalized spacial score (nSPS) is 14.6. The van der Waals surface area contributed by atoms with Gasteiger partial charge in [0.15, 0.2) is 11.6 Å². The third-order valence-corrected chi connectivity index (χ3v) is 4.78. The maximum Gasteiger partial charge on any atom is 0.416 e. The van der Waals surface area contributed by atoms with Gasteiger partial charge in [-0.05, 0) is 48.5 Å². The molecule has 0 aliphatic carbocycles. The van der Waals surface area contributed by atoms with Crippen LogP contribution in [-0.4, -0.2) is 47.3 Å². The van der Waals surface area contributed by atoms with Gasteiger partial charge in [-0.2, -0.15) is 13.2 Å². The van der Waals surface area contributed by atoms with Crippen molar-refractivity contribution in [2.24, 2.45) is 0 Å². The van der Waals surface area contributed by atoms with E-state index >= 15 is 0 Å². The molecule has 1 N–H and O–H groups in total. The maximum absolute atomic E-state index is 12.6. The summed E-state index contributed by atoms with van der Waals surface area (Å²) in [5.41, 5.74) is 0.196. The fraction of sp³-hybridized carbons (Fsp3) is 0.250. The number of carbonyl (C=O) groups is 1. The molecule has 3 heterocycles. The van der Waals surface area contributed by atoms with E-state index in [2.05, 4.69) is 15.5 Å². The molecule has 4 rings (SSSR count). The number of rotatable bonds is 3. The van der Waals surface area contributed by atoms with Crippen molar-refractivity contribution >= 4 is 17.5 Å². The molecule has 3 aromatic rings. The van der Waals surface area contributed by atoms with Crippen LogP contribution in [0, 0.1) is 0 Å². The van der Waals surface area contributed by atoms with Gasteiger partial charge in [0.1, 0.15) is 5.69 Å². The highest BCUT2D eigenvalue weighted by molar-refractivity contribution is 5.89. The zero-order valence-electron chi connectivity index (χ0n) is 15.8. The van der Waals surface area contributed by atoms with Gasteiger partial charge in [0.25, 0.3) is 0 Å². The molecule has 1 saturated heterocycles. The van der Waals surface area contributed by atoms with Gasteiger partial charge >= 0.3 is 12.2 Å². The van der Waals surface area contributed by atoms with Gasteiger partial charge in [0, 0.05) is 31.9 Å². The Morgan fingerprint density at radius 2 is 1.70 bits per heavy atom. The lowest BCUT2D eigenvalue weighted by Gasteiger charge is -2.35. The minimum Gasteiger partial charge on any atom is -0.463 e. The van der Waals surface area contributed by atoms with Crippen LogP contribution in [0.5, 0.6) is 0 Å². The Kier molecular flexibility index (Phi) is 5.30. The molecule has 10 heteroatoms. The summed E-state index contributed by atoms with van der Waals surface area (Å²) in [5.74, 6) is 1.34. The summed E-state index contributed by atoms with van der Waals surface area (Å²) in [6.07, 6.45) is -2.84. The maximum atomic E-state index is 12.6. The number of hydrogen-bond donors (Lipinski definition) is 1. The molecule has 1 aromatic carbocycles. The number of nitrogens with one attached hydrogen (secondary N) is 1. The number of amides is 2. The smallest absolute Gasteiger partial charge is 0.416 e. The van der Waals surface area contributed by atoms with E-state index in [1.54, 1.807) is 23.3 Å². The first-order chi connectivity index (χ1) is 14.4. The number of hydrogen-bond acceptors (Lipinski definition) is 5. The second-order valence-corrected chi connectivity index (χ2v) is 6.73. The first-order valence-corrected chi connectivity index (χ1v) is 9.26. The van der Waals surface area contributed by atoms with Gasteiger partial charge in [-0.15, -0.1) is 10.2 Å². The fourth-order valence-electron chi connectivity index (χ4n) is 3.13. The highest BCUT2D eigenvalue weighted by Crippen LogP contribution is 2.30. The summed E-state index contributed by atoms with van der Waals surface area (Å²) in [6.45, 7) is 2.03. The van der Waals surface area contributed by atoms with E-state index in [1.165, 1.54) is 12.1 Å². The molecule has 156 valence electrons. The molecule has 2 aromatic heterocycles. The van der Waals surface area contributed by atoms with Gasteiger partial charge < -0.3 is 19.5 Å². The first-order valence-electron chi connectivity index (χ1n) is 9.26. The number of nitrogens with zero attached hydrogens (tertiary/aromatic N) is 4. The van der Waals surface area contributed by atoms with Crippen LogP contribution in [0.25, 0.3) is 11.5 Å². The number of benzene rings is 1. The van der Waals surface area contributed by atoms with Crippen molar-refractivity contribution in [1.82, 2.24) is 15.1 Å². The number of alkyl halides is 3. The minimum absolute atomic E-state index is 0.315. The van der Waals surface area contributed by atoms with Crippen LogP contribution in [0.4, 0.5) is 29.5 Å². The lowest BCUT2D eigenvalue weighted by atomic mass is 10.2. The summed E-state index contributed by atoms with van der Waals surface area (Å²) in [7, 11) is 0. The molecule has 0 radical (unpaired) electrons. The predicted octanol–water partition coefficient (Wildman–Crippen LogP) is 4.11. The van der Waals surface area contributed by atoms with Gasteiger partial charge in [0.05, 0.1) is 11.8 Å². The topological polar surface area (TPSA) is 74.5 Å². The Labute approximate surface area is 170 Å². The lowest BCUT2D eigenvalue weighted by molar-refractivity contribution is -0.137. The van der Waals surface area contributed by atoms with E-state index in [4.69, 9.17) is 4.42 Å². The van der Waals surface area contributed by atoms with E-state index < -0.39 is 11.7 Å². The average molecular weight is 417 g/mol. The summed E-state index contributed by atoms with van der Waals surface area (Å²) < 4.78 is 43.2. The molecule has 0 spiro atoms. The zero-order valence-corrected chi connectivity index (χ0v) is 15.8. The number of halogens is 3. The molecule has 7 nitrogen and oxygen atoms in total. The molecular formula is C20H18F3N5O2. The Morgan fingerprint density at radius 3 is 2.27 bits per heavy atom. The van der Waals surface area contributed by atoms with E-state index in [1.807, 2.05) is 17.0 Å². The van der Waals surface area contributed by atoms with Gasteiger partial charge in [0.2, 0.25) is 0 Å². The number of urea groups is 1. The summed E-state index contributed by atoms with van der Waals surface area (Å²) in [5, 5.41) is 11.0. The van der Waals surface area contributed by atoms with Crippen molar-refractivity contribution in [2.75, 3.05) is 36.4 Å². The Balaban J connectivity index is 1.31. The number of anilines is 2. The number of carbonyl (C=O) groups excluding carboxylic acids is 1. The SMILES string of the molecule is O=C(Nc1ccc(C(F)(F)F)cc1)N1CCN(c2ccc(-c3ccco3)nn2)CC1. The highest BCUT2D eigenvalue weighted by atomic mass is 19.4.